The lowest BCUT2D eigenvalue weighted by molar-refractivity contribution is -0.384. The topological polar surface area (TPSA) is 98.5 Å². The van der Waals surface area contributed by atoms with Gasteiger partial charge in [0.15, 0.2) is 5.78 Å². The summed E-state index contributed by atoms with van der Waals surface area (Å²) in [5, 5.41) is 14.6. The highest BCUT2D eigenvalue weighted by atomic mass is 16.6. The molecule has 2 aliphatic rings. The van der Waals surface area contributed by atoms with Crippen molar-refractivity contribution in [2.75, 3.05) is 0 Å². The summed E-state index contributed by atoms with van der Waals surface area (Å²) < 4.78 is 5.58. The van der Waals surface area contributed by atoms with E-state index < -0.39 is 16.8 Å². The van der Waals surface area contributed by atoms with Gasteiger partial charge in [0, 0.05) is 41.4 Å². The first-order valence-corrected chi connectivity index (χ1v) is 10.1. The van der Waals surface area contributed by atoms with Crippen LogP contribution in [0.15, 0.2) is 77.1 Å². The molecule has 0 amide bonds. The lowest BCUT2D eigenvalue weighted by Crippen LogP contribution is -2.34. The molecular weight excluding hydrogens is 396 g/mol. The smallest absolute Gasteiger partial charge is 0.337 e. The Morgan fingerprint density at radius 1 is 1.16 bits per heavy atom. The van der Waals surface area contributed by atoms with Crippen molar-refractivity contribution in [2.45, 2.75) is 38.7 Å². The van der Waals surface area contributed by atoms with Crippen LogP contribution in [0.2, 0.25) is 0 Å². The number of carbonyl (C=O) groups excluding carboxylic acids is 2. The highest BCUT2D eigenvalue weighted by molar-refractivity contribution is 6.03. The van der Waals surface area contributed by atoms with Gasteiger partial charge in [-0.15, -0.1) is 0 Å². The van der Waals surface area contributed by atoms with Crippen molar-refractivity contribution >= 4 is 17.4 Å². The normalized spacial score (nSPS) is 18.4. The van der Waals surface area contributed by atoms with Crippen LogP contribution in [0.5, 0.6) is 0 Å². The quantitative estimate of drug-likeness (QED) is 0.441. The molecule has 2 aromatic rings. The summed E-state index contributed by atoms with van der Waals surface area (Å²) in [5.74, 6) is -1.30. The van der Waals surface area contributed by atoms with E-state index in [1.54, 1.807) is 19.1 Å². The van der Waals surface area contributed by atoms with Crippen LogP contribution in [0, 0.1) is 10.1 Å². The van der Waals surface area contributed by atoms with E-state index in [1.165, 1.54) is 12.1 Å². The zero-order valence-electron chi connectivity index (χ0n) is 17.1. The van der Waals surface area contributed by atoms with Crippen molar-refractivity contribution in [1.82, 2.24) is 5.32 Å². The predicted octanol–water partition coefficient (Wildman–Crippen LogP) is 4.31. The summed E-state index contributed by atoms with van der Waals surface area (Å²) in [5.41, 5.74) is 3.49. The van der Waals surface area contributed by atoms with Crippen LogP contribution in [-0.2, 0) is 20.9 Å². The maximum absolute atomic E-state index is 13.2. The second-order valence-corrected chi connectivity index (χ2v) is 7.68. The summed E-state index contributed by atoms with van der Waals surface area (Å²) in [6.45, 7) is 1.87. The van der Waals surface area contributed by atoms with Crippen LogP contribution in [-0.4, -0.2) is 16.7 Å². The Hall–Kier alpha value is -3.74. The van der Waals surface area contributed by atoms with Crippen LogP contribution in [0.25, 0.3) is 0 Å². The van der Waals surface area contributed by atoms with Crippen molar-refractivity contribution in [3.63, 3.8) is 0 Å². The molecule has 0 spiro atoms. The summed E-state index contributed by atoms with van der Waals surface area (Å²) in [7, 11) is 0. The van der Waals surface area contributed by atoms with Crippen molar-refractivity contribution in [1.29, 1.82) is 0 Å². The number of nitrogens with zero attached hydrogens (tertiary/aromatic N) is 1. The Labute approximate surface area is 179 Å². The molecule has 31 heavy (non-hydrogen) atoms. The van der Waals surface area contributed by atoms with Crippen LogP contribution in [0.3, 0.4) is 0 Å². The highest BCUT2D eigenvalue weighted by Crippen LogP contribution is 2.43. The Morgan fingerprint density at radius 3 is 2.68 bits per heavy atom. The van der Waals surface area contributed by atoms with E-state index in [1.807, 2.05) is 30.3 Å². The van der Waals surface area contributed by atoms with Gasteiger partial charge >= 0.3 is 5.97 Å². The summed E-state index contributed by atoms with van der Waals surface area (Å²) in [4.78, 5) is 36.9. The van der Waals surface area contributed by atoms with Gasteiger partial charge in [-0.3, -0.25) is 14.9 Å². The molecule has 0 bridgehead atoms. The molecule has 0 unspecified atom stereocenters. The van der Waals surface area contributed by atoms with Gasteiger partial charge in [0.2, 0.25) is 0 Å². The zero-order valence-corrected chi connectivity index (χ0v) is 17.1. The van der Waals surface area contributed by atoms with Crippen LogP contribution < -0.4 is 5.32 Å². The number of esters is 1. The minimum Gasteiger partial charge on any atom is -0.457 e. The number of ether oxygens (including phenoxy) is 1. The number of benzene rings is 2. The number of carbonyl (C=O) groups is 2. The second kappa shape index (κ2) is 8.55. The number of nitro groups is 1. The van der Waals surface area contributed by atoms with E-state index in [-0.39, 0.29) is 18.1 Å². The molecule has 0 aromatic heterocycles. The van der Waals surface area contributed by atoms with Gasteiger partial charge in [0.1, 0.15) is 6.61 Å². The molecule has 1 N–H and O–H groups in total. The van der Waals surface area contributed by atoms with Gasteiger partial charge < -0.3 is 10.1 Å². The number of allylic oxidation sites excluding steroid dienone is 3. The number of ketones is 1. The van der Waals surface area contributed by atoms with E-state index in [9.17, 15) is 19.7 Å². The lowest BCUT2D eigenvalue weighted by atomic mass is 9.75. The third-order valence-electron chi connectivity index (χ3n) is 5.62. The number of non-ortho nitro benzene ring substituents is 1. The molecule has 0 saturated carbocycles. The Bertz CT molecular complexity index is 1120. The minimum absolute atomic E-state index is 0.0499. The van der Waals surface area contributed by atoms with Gasteiger partial charge in [0.25, 0.3) is 5.69 Å². The number of hydrogen-bond donors (Lipinski definition) is 1. The molecular formula is C24H22N2O5. The molecule has 7 heteroatoms. The van der Waals surface area contributed by atoms with Gasteiger partial charge in [-0.25, -0.2) is 4.79 Å². The lowest BCUT2D eigenvalue weighted by Gasteiger charge is -2.34. The largest absolute Gasteiger partial charge is 0.457 e. The maximum Gasteiger partial charge on any atom is 0.337 e. The average Bonchev–Trinajstić information content (AvgIpc) is 2.77. The summed E-state index contributed by atoms with van der Waals surface area (Å²) in [6, 6.07) is 15.4. The van der Waals surface area contributed by atoms with Gasteiger partial charge in [0.05, 0.1) is 10.5 Å². The van der Waals surface area contributed by atoms with Gasteiger partial charge in [-0.1, -0.05) is 42.5 Å². The Morgan fingerprint density at radius 2 is 1.94 bits per heavy atom. The number of nitro benzene ring substituents is 1. The Balaban J connectivity index is 1.74. The molecule has 0 fully saturated rings. The molecule has 1 aliphatic heterocycles. The molecule has 2 aromatic carbocycles. The number of nitrogens with one attached hydrogen (secondary N) is 1. The third-order valence-corrected chi connectivity index (χ3v) is 5.62. The van der Waals surface area contributed by atoms with E-state index >= 15 is 0 Å². The van der Waals surface area contributed by atoms with E-state index in [0.29, 0.717) is 35.2 Å². The fraction of sp³-hybridized carbons (Fsp3) is 0.250. The molecule has 1 atom stereocenters. The summed E-state index contributed by atoms with van der Waals surface area (Å²) >= 11 is 0. The number of rotatable bonds is 5. The van der Waals surface area contributed by atoms with Gasteiger partial charge in [-0.2, -0.15) is 0 Å². The molecule has 1 heterocycles. The monoisotopic (exact) mass is 418 g/mol. The molecule has 4 rings (SSSR count). The number of hydrogen-bond acceptors (Lipinski definition) is 6. The van der Waals surface area contributed by atoms with Crippen molar-refractivity contribution < 1.29 is 19.2 Å². The first kappa shape index (κ1) is 20.5. The number of Topliss-reactive ketones (excluding diaryl/α,β-unsaturated/α-hetero) is 1. The second-order valence-electron chi connectivity index (χ2n) is 7.68. The fourth-order valence-electron chi connectivity index (χ4n) is 4.21. The van der Waals surface area contributed by atoms with Crippen molar-refractivity contribution in [2.24, 2.45) is 0 Å². The molecule has 1 aliphatic carbocycles. The molecule has 158 valence electrons. The maximum atomic E-state index is 13.2. The van der Waals surface area contributed by atoms with Crippen LogP contribution in [0.4, 0.5) is 5.69 Å². The third kappa shape index (κ3) is 4.12. The predicted molar refractivity (Wildman–Crippen MR) is 114 cm³/mol. The van der Waals surface area contributed by atoms with Crippen molar-refractivity contribution in [3.8, 4) is 0 Å². The summed E-state index contributed by atoms with van der Waals surface area (Å²) in [6.07, 6.45) is 1.81. The SMILES string of the molecule is CC1=C(C(=O)OCc2ccccc2)[C@H](c2cccc([N+](=O)[O-])c2)C2=C(CCCC2=O)N1. The van der Waals surface area contributed by atoms with Gasteiger partial charge in [-0.05, 0) is 30.9 Å². The Kier molecular flexibility index (Phi) is 5.66. The van der Waals surface area contributed by atoms with E-state index in [0.717, 1.165) is 17.7 Å². The highest BCUT2D eigenvalue weighted by Gasteiger charge is 2.39. The average molecular weight is 418 g/mol. The van der Waals surface area contributed by atoms with Crippen LogP contribution in [0.1, 0.15) is 43.2 Å². The minimum atomic E-state index is -0.702. The molecule has 7 nitrogen and oxygen atoms in total. The van der Waals surface area contributed by atoms with Crippen molar-refractivity contribution in [3.05, 3.63) is 98.4 Å². The molecule has 0 radical (unpaired) electrons. The first-order chi connectivity index (χ1) is 15.0. The van der Waals surface area contributed by atoms with Crippen LogP contribution >= 0.6 is 0 Å². The number of dihydropyridines is 1. The standard InChI is InChI=1S/C24H22N2O5/c1-15-21(24(28)31-14-16-7-3-2-4-8-16)22(17-9-5-10-18(13-17)26(29)30)23-19(25-15)11-6-12-20(23)27/h2-5,7-10,13,22,25H,6,11-12,14H2,1H3/t22-/m0/s1. The zero-order chi connectivity index (χ0) is 22.0. The fourth-order valence-corrected chi connectivity index (χ4v) is 4.21. The van der Waals surface area contributed by atoms with E-state index in [4.69, 9.17) is 4.74 Å². The molecule has 0 saturated heterocycles. The van der Waals surface area contributed by atoms with E-state index in [2.05, 4.69) is 5.32 Å². The first-order valence-electron chi connectivity index (χ1n) is 10.1.